The Bertz CT molecular complexity index is 736. The highest BCUT2D eigenvalue weighted by molar-refractivity contribution is 9.10. The molecule has 0 atom stereocenters. The number of anilines is 1. The van der Waals surface area contributed by atoms with Gasteiger partial charge < -0.3 is 5.73 Å². The fourth-order valence-corrected chi connectivity index (χ4v) is 2.49. The number of para-hydroxylation sites is 2. The van der Waals surface area contributed by atoms with Gasteiger partial charge >= 0.3 is 0 Å². The number of benzene rings is 2. The van der Waals surface area contributed by atoms with E-state index < -0.39 is 0 Å². The van der Waals surface area contributed by atoms with Gasteiger partial charge in [-0.3, -0.25) is 4.57 Å². The molecule has 1 heterocycles. The Balaban J connectivity index is 2.34. The van der Waals surface area contributed by atoms with Crippen LogP contribution in [0.3, 0.4) is 0 Å². The lowest BCUT2D eigenvalue weighted by atomic mass is 10.2. The van der Waals surface area contributed by atoms with E-state index in [2.05, 4.69) is 20.9 Å². The second-order valence-electron chi connectivity index (χ2n) is 3.89. The Morgan fingerprint density at radius 3 is 2.72 bits per heavy atom. The Hall–Kier alpha value is -1.88. The Labute approximate surface area is 111 Å². The number of hydrogen-bond donors (Lipinski definition) is 1. The molecule has 0 aliphatic heterocycles. The minimum Gasteiger partial charge on any atom is -0.369 e. The number of aromatic nitrogens is 2. The molecule has 0 saturated heterocycles. The van der Waals surface area contributed by atoms with Gasteiger partial charge in [0.15, 0.2) is 0 Å². The van der Waals surface area contributed by atoms with Crippen molar-refractivity contribution in [3.8, 4) is 5.69 Å². The van der Waals surface area contributed by atoms with Gasteiger partial charge in [-0.1, -0.05) is 12.1 Å². The Morgan fingerprint density at radius 1 is 1.17 bits per heavy atom. The van der Waals surface area contributed by atoms with E-state index in [1.54, 1.807) is 10.6 Å². The highest BCUT2D eigenvalue weighted by atomic mass is 79.9. The van der Waals surface area contributed by atoms with Crippen molar-refractivity contribution in [1.29, 1.82) is 0 Å². The molecule has 0 fully saturated rings. The molecule has 0 amide bonds. The van der Waals surface area contributed by atoms with Gasteiger partial charge in [-0.25, -0.2) is 9.37 Å². The summed E-state index contributed by atoms with van der Waals surface area (Å²) < 4.78 is 15.5. The van der Waals surface area contributed by atoms with Gasteiger partial charge in [0.25, 0.3) is 0 Å². The number of rotatable bonds is 1. The van der Waals surface area contributed by atoms with Crippen molar-refractivity contribution < 1.29 is 4.39 Å². The summed E-state index contributed by atoms with van der Waals surface area (Å²) in [6, 6.07) is 12.1. The second-order valence-corrected chi connectivity index (χ2v) is 4.74. The van der Waals surface area contributed by atoms with Crippen LogP contribution in [0.25, 0.3) is 16.7 Å². The molecule has 0 unspecified atom stereocenters. The van der Waals surface area contributed by atoms with E-state index in [1.165, 1.54) is 12.1 Å². The standard InChI is InChI=1S/C13H9BrFN3/c14-9-7-8(15)5-6-11(9)18-12-4-2-1-3-10(12)17-13(18)16/h1-7H,(H2,16,17). The van der Waals surface area contributed by atoms with E-state index in [-0.39, 0.29) is 5.82 Å². The number of nitrogen functional groups attached to an aromatic ring is 1. The molecule has 3 rings (SSSR count). The lowest BCUT2D eigenvalue weighted by Gasteiger charge is -2.08. The number of nitrogens with zero attached hydrogens (tertiary/aromatic N) is 2. The molecular weight excluding hydrogens is 297 g/mol. The third-order valence-electron chi connectivity index (χ3n) is 2.74. The molecule has 2 aromatic carbocycles. The molecule has 0 radical (unpaired) electrons. The summed E-state index contributed by atoms with van der Waals surface area (Å²) >= 11 is 3.34. The smallest absolute Gasteiger partial charge is 0.205 e. The van der Waals surface area contributed by atoms with E-state index >= 15 is 0 Å². The number of halogens is 2. The maximum atomic E-state index is 13.1. The predicted octanol–water partition coefficient (Wildman–Crippen LogP) is 3.51. The van der Waals surface area contributed by atoms with Crippen molar-refractivity contribution in [2.24, 2.45) is 0 Å². The van der Waals surface area contributed by atoms with Crippen LogP contribution < -0.4 is 5.73 Å². The highest BCUT2D eigenvalue weighted by Gasteiger charge is 2.12. The van der Waals surface area contributed by atoms with Crippen LogP contribution >= 0.6 is 15.9 Å². The fourth-order valence-electron chi connectivity index (χ4n) is 1.96. The molecule has 5 heteroatoms. The molecule has 0 spiro atoms. The summed E-state index contributed by atoms with van der Waals surface area (Å²) in [5.74, 6) is 0.0807. The third-order valence-corrected chi connectivity index (χ3v) is 3.37. The Kier molecular flexibility index (Phi) is 2.56. The Morgan fingerprint density at radius 2 is 1.94 bits per heavy atom. The minimum absolute atomic E-state index is 0.298. The van der Waals surface area contributed by atoms with Crippen molar-refractivity contribution in [3.05, 3.63) is 52.8 Å². The largest absolute Gasteiger partial charge is 0.369 e. The number of fused-ring (bicyclic) bond motifs is 1. The number of hydrogen-bond acceptors (Lipinski definition) is 2. The molecule has 0 aliphatic rings. The van der Waals surface area contributed by atoms with Gasteiger partial charge in [-0.05, 0) is 46.3 Å². The van der Waals surface area contributed by atoms with Crippen molar-refractivity contribution in [3.63, 3.8) is 0 Å². The first kappa shape index (κ1) is 11.2. The van der Waals surface area contributed by atoms with E-state index in [0.717, 1.165) is 16.7 Å². The molecule has 90 valence electrons. The molecule has 18 heavy (non-hydrogen) atoms. The summed E-state index contributed by atoms with van der Waals surface area (Å²) in [5, 5.41) is 0. The minimum atomic E-state index is -0.298. The monoisotopic (exact) mass is 305 g/mol. The zero-order chi connectivity index (χ0) is 12.7. The van der Waals surface area contributed by atoms with Gasteiger partial charge in [-0.2, -0.15) is 0 Å². The summed E-state index contributed by atoms with van der Waals surface area (Å²) in [4.78, 5) is 4.28. The van der Waals surface area contributed by atoms with Crippen molar-refractivity contribution in [1.82, 2.24) is 9.55 Å². The van der Waals surface area contributed by atoms with Crippen LogP contribution in [-0.4, -0.2) is 9.55 Å². The van der Waals surface area contributed by atoms with E-state index in [1.807, 2.05) is 24.3 Å². The molecule has 2 N–H and O–H groups in total. The molecule has 0 bridgehead atoms. The quantitative estimate of drug-likeness (QED) is 0.747. The third kappa shape index (κ3) is 1.67. The summed E-state index contributed by atoms with van der Waals surface area (Å²) in [6.45, 7) is 0. The molecule has 0 aliphatic carbocycles. The average Bonchev–Trinajstić information content (AvgIpc) is 2.66. The average molecular weight is 306 g/mol. The van der Waals surface area contributed by atoms with Crippen LogP contribution in [0.4, 0.5) is 10.3 Å². The lowest BCUT2D eigenvalue weighted by molar-refractivity contribution is 0.626. The van der Waals surface area contributed by atoms with Crippen LogP contribution in [0, 0.1) is 5.82 Å². The lowest BCUT2D eigenvalue weighted by Crippen LogP contribution is -2.01. The fraction of sp³-hybridized carbons (Fsp3) is 0. The van der Waals surface area contributed by atoms with Crippen molar-refractivity contribution in [2.45, 2.75) is 0 Å². The highest BCUT2D eigenvalue weighted by Crippen LogP contribution is 2.28. The van der Waals surface area contributed by atoms with Gasteiger partial charge in [0.1, 0.15) is 5.82 Å². The first-order valence-corrected chi connectivity index (χ1v) is 6.14. The van der Waals surface area contributed by atoms with Crippen LogP contribution in [0.1, 0.15) is 0 Å². The maximum absolute atomic E-state index is 13.1. The van der Waals surface area contributed by atoms with Gasteiger partial charge in [-0.15, -0.1) is 0 Å². The zero-order valence-electron chi connectivity index (χ0n) is 9.27. The van der Waals surface area contributed by atoms with Crippen LogP contribution in [0.5, 0.6) is 0 Å². The van der Waals surface area contributed by atoms with Gasteiger partial charge in [0, 0.05) is 4.47 Å². The molecule has 3 nitrogen and oxygen atoms in total. The summed E-state index contributed by atoms with van der Waals surface area (Å²) in [6.07, 6.45) is 0. The van der Waals surface area contributed by atoms with Crippen LogP contribution in [-0.2, 0) is 0 Å². The first-order chi connectivity index (χ1) is 8.66. The predicted molar refractivity (Wildman–Crippen MR) is 73.1 cm³/mol. The molecular formula is C13H9BrFN3. The summed E-state index contributed by atoms with van der Waals surface area (Å²) in [5.41, 5.74) is 8.40. The molecule has 0 saturated carbocycles. The first-order valence-electron chi connectivity index (χ1n) is 5.35. The van der Waals surface area contributed by atoms with Crippen LogP contribution in [0.2, 0.25) is 0 Å². The normalized spacial score (nSPS) is 11.0. The van der Waals surface area contributed by atoms with E-state index in [4.69, 9.17) is 5.73 Å². The van der Waals surface area contributed by atoms with E-state index in [0.29, 0.717) is 10.4 Å². The van der Waals surface area contributed by atoms with E-state index in [9.17, 15) is 4.39 Å². The summed E-state index contributed by atoms with van der Waals surface area (Å²) in [7, 11) is 0. The van der Waals surface area contributed by atoms with Crippen molar-refractivity contribution >= 4 is 32.9 Å². The van der Waals surface area contributed by atoms with Crippen molar-refractivity contribution in [2.75, 3.05) is 5.73 Å². The van der Waals surface area contributed by atoms with Gasteiger partial charge in [0.05, 0.1) is 16.7 Å². The SMILES string of the molecule is Nc1nc2ccccc2n1-c1ccc(F)cc1Br. The molecule has 3 aromatic rings. The maximum Gasteiger partial charge on any atom is 0.205 e. The molecule has 1 aromatic heterocycles. The topological polar surface area (TPSA) is 43.8 Å². The van der Waals surface area contributed by atoms with Gasteiger partial charge in [0.2, 0.25) is 5.95 Å². The van der Waals surface area contributed by atoms with Crippen LogP contribution in [0.15, 0.2) is 46.9 Å². The number of nitrogens with two attached hydrogens (primary N) is 1. The number of imidazole rings is 1. The zero-order valence-corrected chi connectivity index (χ0v) is 10.9. The second kappa shape index (κ2) is 4.10.